The van der Waals surface area contributed by atoms with Gasteiger partial charge in [0.05, 0.1) is 23.9 Å². The molecule has 172 valence electrons. The van der Waals surface area contributed by atoms with E-state index in [0.29, 0.717) is 35.4 Å². The first-order chi connectivity index (χ1) is 15.1. The molecule has 0 amide bonds. The van der Waals surface area contributed by atoms with Crippen molar-refractivity contribution in [3.05, 3.63) is 35.1 Å². The number of hydrogen-bond acceptors (Lipinski definition) is 7. The fourth-order valence-corrected chi connectivity index (χ4v) is 5.00. The van der Waals surface area contributed by atoms with Crippen LogP contribution in [0.15, 0.2) is 34.4 Å². The highest BCUT2D eigenvalue weighted by atomic mass is 79.9. The Labute approximate surface area is 193 Å². The molecule has 1 unspecified atom stereocenters. The summed E-state index contributed by atoms with van der Waals surface area (Å²) >= 11 is 1.96. The highest BCUT2D eigenvalue weighted by Gasteiger charge is 2.37. The van der Waals surface area contributed by atoms with Gasteiger partial charge in [0.15, 0.2) is 0 Å². The van der Waals surface area contributed by atoms with Crippen LogP contribution in [0.25, 0.3) is 11.4 Å². The third-order valence-corrected chi connectivity index (χ3v) is 7.47. The first-order valence-corrected chi connectivity index (χ1v) is 11.6. The van der Waals surface area contributed by atoms with E-state index in [1.807, 2.05) is 4.31 Å². The first kappa shape index (κ1) is 23.0. The minimum atomic E-state index is -4.62. The van der Waals surface area contributed by atoms with Crippen LogP contribution in [0.1, 0.15) is 18.4 Å². The van der Waals surface area contributed by atoms with Gasteiger partial charge in [-0.05, 0) is 28.8 Å². The van der Waals surface area contributed by atoms with E-state index < -0.39 is 23.1 Å². The zero-order valence-electron chi connectivity index (χ0n) is 17.2. The predicted octanol–water partition coefficient (Wildman–Crippen LogP) is 2.99. The van der Waals surface area contributed by atoms with Gasteiger partial charge in [0.25, 0.3) is 0 Å². The molecule has 0 radical (unpaired) electrons. The Bertz CT molecular complexity index is 1100. The maximum absolute atomic E-state index is 13.5. The van der Waals surface area contributed by atoms with Crippen molar-refractivity contribution in [3.8, 4) is 11.4 Å². The van der Waals surface area contributed by atoms with Crippen LogP contribution in [0.4, 0.5) is 19.1 Å². The van der Waals surface area contributed by atoms with Gasteiger partial charge in [-0.3, -0.25) is 4.68 Å². The van der Waals surface area contributed by atoms with Crippen LogP contribution >= 0.6 is 15.9 Å². The van der Waals surface area contributed by atoms with E-state index in [0.717, 1.165) is 6.20 Å². The molecule has 1 atom stereocenters. The lowest BCUT2D eigenvalue weighted by atomic mass is 10.1. The maximum atomic E-state index is 13.5. The number of alkyl halides is 3. The van der Waals surface area contributed by atoms with E-state index in [4.69, 9.17) is 0 Å². The number of piperidine rings is 1. The highest BCUT2D eigenvalue weighted by Crippen LogP contribution is 2.38. The zero-order valence-corrected chi connectivity index (χ0v) is 19.6. The standard InChI is InChI=1S/C18H20BrF3N8OS/c1-28-10-24-15(16(28)19)14-13(18(20,21)22)8-23-17(27-14)26-11-3-5-30(6-4-11)32(31)12-7-25-29(2)9-12/h7-11H,3-6H2,1-2H3,(H,23,26,27). The number of nitrogens with zero attached hydrogens (tertiary/aromatic N) is 7. The number of halogens is 4. The lowest BCUT2D eigenvalue weighted by Crippen LogP contribution is -2.42. The molecule has 0 saturated carbocycles. The van der Waals surface area contributed by atoms with Crippen molar-refractivity contribution in [2.75, 3.05) is 18.4 Å². The topological polar surface area (TPSA) is 99.8 Å². The molecule has 0 aromatic carbocycles. The van der Waals surface area contributed by atoms with Gasteiger partial charge >= 0.3 is 6.18 Å². The monoisotopic (exact) mass is 532 g/mol. The third-order valence-electron chi connectivity index (χ3n) is 5.09. The summed E-state index contributed by atoms with van der Waals surface area (Å²) in [5.74, 6) is 0.0948. The molecule has 0 aliphatic carbocycles. The maximum Gasteiger partial charge on any atom is 0.420 e. The van der Waals surface area contributed by atoms with Gasteiger partial charge < -0.3 is 14.4 Å². The smallest absolute Gasteiger partial charge is 0.420 e. The first-order valence-electron chi connectivity index (χ1n) is 9.67. The fraction of sp³-hybridized carbons (Fsp3) is 0.444. The molecule has 14 heteroatoms. The number of aryl methyl sites for hydroxylation is 2. The molecule has 1 saturated heterocycles. The summed E-state index contributed by atoms with van der Waals surface area (Å²) in [5.41, 5.74) is -1.16. The summed E-state index contributed by atoms with van der Waals surface area (Å²) in [4.78, 5) is 12.7. The number of nitrogens with one attached hydrogen (secondary N) is 1. The SMILES string of the molecule is Cn1cc([S+]([O-])N2CCC(Nc3ncc(C(F)(F)F)c(-c4ncn(C)c4Br)n3)CC2)cn1. The largest absolute Gasteiger partial charge is 0.593 e. The van der Waals surface area contributed by atoms with Crippen LogP contribution in [-0.2, 0) is 31.6 Å². The van der Waals surface area contributed by atoms with E-state index >= 15 is 0 Å². The lowest BCUT2D eigenvalue weighted by molar-refractivity contribution is -0.137. The highest BCUT2D eigenvalue weighted by molar-refractivity contribution is 9.10. The summed E-state index contributed by atoms with van der Waals surface area (Å²) in [5, 5.41) is 7.16. The normalized spacial score (nSPS) is 17.0. The van der Waals surface area contributed by atoms with Crippen LogP contribution < -0.4 is 5.32 Å². The summed E-state index contributed by atoms with van der Waals surface area (Å²) in [6.45, 7) is 1.11. The molecule has 32 heavy (non-hydrogen) atoms. The number of aromatic nitrogens is 6. The van der Waals surface area contributed by atoms with E-state index in [1.165, 1.54) is 6.33 Å². The number of imidazole rings is 1. The minimum absolute atomic E-state index is 0.0612. The second kappa shape index (κ2) is 9.00. The molecule has 4 heterocycles. The van der Waals surface area contributed by atoms with Gasteiger partial charge in [-0.2, -0.15) is 18.3 Å². The van der Waals surface area contributed by atoms with Gasteiger partial charge in [0.1, 0.15) is 27.8 Å². The Morgan fingerprint density at radius 2 is 1.88 bits per heavy atom. The molecule has 1 N–H and O–H groups in total. The molecule has 1 fully saturated rings. The van der Waals surface area contributed by atoms with Crippen molar-refractivity contribution in [1.29, 1.82) is 0 Å². The zero-order chi connectivity index (χ0) is 23.0. The average molecular weight is 533 g/mol. The van der Waals surface area contributed by atoms with Gasteiger partial charge in [0, 0.05) is 39.4 Å². The second-order valence-corrected chi connectivity index (χ2v) is 9.63. The van der Waals surface area contributed by atoms with E-state index in [-0.39, 0.29) is 23.4 Å². The minimum Gasteiger partial charge on any atom is -0.593 e. The van der Waals surface area contributed by atoms with Crippen molar-refractivity contribution in [2.24, 2.45) is 14.1 Å². The molecule has 4 rings (SSSR count). The molecule has 0 bridgehead atoms. The summed E-state index contributed by atoms with van der Waals surface area (Å²) < 4.78 is 58.7. The fourth-order valence-electron chi connectivity index (χ4n) is 3.40. The summed E-state index contributed by atoms with van der Waals surface area (Å²) in [6, 6.07) is -0.0612. The Kier molecular flexibility index (Phi) is 6.47. The number of hydrogen-bond donors (Lipinski definition) is 1. The average Bonchev–Trinajstić information content (AvgIpc) is 3.33. The van der Waals surface area contributed by atoms with E-state index in [2.05, 4.69) is 41.3 Å². The Morgan fingerprint density at radius 1 is 1.16 bits per heavy atom. The van der Waals surface area contributed by atoms with Crippen molar-refractivity contribution in [2.45, 2.75) is 30.0 Å². The van der Waals surface area contributed by atoms with Gasteiger partial charge in [0.2, 0.25) is 10.8 Å². The van der Waals surface area contributed by atoms with Crippen molar-refractivity contribution < 1.29 is 17.7 Å². The van der Waals surface area contributed by atoms with Gasteiger partial charge in [-0.15, -0.1) is 4.31 Å². The molecular weight excluding hydrogens is 513 g/mol. The van der Waals surface area contributed by atoms with Crippen molar-refractivity contribution in [1.82, 2.24) is 33.6 Å². The van der Waals surface area contributed by atoms with Gasteiger partial charge in [-0.1, -0.05) is 0 Å². The molecule has 1 aliphatic rings. The lowest BCUT2D eigenvalue weighted by Gasteiger charge is -2.31. The molecule has 1 aliphatic heterocycles. The second-order valence-electron chi connectivity index (χ2n) is 7.40. The van der Waals surface area contributed by atoms with Crippen LogP contribution in [-0.4, -0.2) is 57.3 Å². The molecule has 0 spiro atoms. The number of anilines is 1. The molecule has 3 aromatic rings. The van der Waals surface area contributed by atoms with E-state index in [9.17, 15) is 17.7 Å². The molecule has 9 nitrogen and oxygen atoms in total. The van der Waals surface area contributed by atoms with Crippen LogP contribution in [0.5, 0.6) is 0 Å². The Balaban J connectivity index is 1.48. The number of rotatable bonds is 5. The van der Waals surface area contributed by atoms with Crippen LogP contribution in [0.3, 0.4) is 0 Å². The van der Waals surface area contributed by atoms with Crippen LogP contribution in [0, 0.1) is 0 Å². The summed E-state index contributed by atoms with van der Waals surface area (Å²) in [6.07, 6.45) is 2.14. The quantitative estimate of drug-likeness (QED) is 0.504. The van der Waals surface area contributed by atoms with E-state index in [1.54, 1.807) is 35.7 Å². The Morgan fingerprint density at radius 3 is 2.44 bits per heavy atom. The summed E-state index contributed by atoms with van der Waals surface area (Å²) in [7, 11) is 3.43. The van der Waals surface area contributed by atoms with Crippen LogP contribution in [0.2, 0.25) is 0 Å². The molecule has 3 aromatic heterocycles. The van der Waals surface area contributed by atoms with Crippen molar-refractivity contribution >= 4 is 33.2 Å². The predicted molar refractivity (Wildman–Crippen MR) is 115 cm³/mol. The third kappa shape index (κ3) is 4.77. The Hall–Kier alpha value is -2.16. The van der Waals surface area contributed by atoms with Gasteiger partial charge in [-0.25, -0.2) is 15.0 Å². The van der Waals surface area contributed by atoms with Crippen molar-refractivity contribution in [3.63, 3.8) is 0 Å². The molecular formula is C18H20BrF3N8OS.